The molecule has 0 radical (unpaired) electrons. The molecule has 1 aromatic carbocycles. The molecule has 0 N–H and O–H groups in total. The van der Waals surface area contributed by atoms with Gasteiger partial charge in [-0.05, 0) is 18.9 Å². The van der Waals surface area contributed by atoms with Gasteiger partial charge in [0.2, 0.25) is 0 Å². The zero-order valence-corrected chi connectivity index (χ0v) is 10.2. The number of nitro groups is 1. The number of nitriles is 1. The third kappa shape index (κ3) is 1.93. The molecule has 1 aliphatic rings. The first-order valence-electron chi connectivity index (χ1n) is 6.26. The van der Waals surface area contributed by atoms with Gasteiger partial charge in [0, 0.05) is 17.6 Å². The van der Waals surface area contributed by atoms with Crippen LogP contribution in [0.3, 0.4) is 0 Å². The Hall–Kier alpha value is -2.42. The number of nitro benzene ring substituents is 1. The Morgan fingerprint density at radius 3 is 2.79 bits per heavy atom. The van der Waals surface area contributed by atoms with E-state index in [1.54, 1.807) is 0 Å². The van der Waals surface area contributed by atoms with Gasteiger partial charge in [0.1, 0.15) is 11.6 Å². The largest absolute Gasteiger partial charge is 0.287 e. The van der Waals surface area contributed by atoms with Gasteiger partial charge in [-0.15, -0.1) is 0 Å². The minimum absolute atomic E-state index is 0.0640. The fourth-order valence-corrected chi connectivity index (χ4v) is 2.68. The summed E-state index contributed by atoms with van der Waals surface area (Å²) in [6.07, 6.45) is 6.44. The molecule has 0 unspecified atom stereocenters. The van der Waals surface area contributed by atoms with Crippen molar-refractivity contribution in [3.05, 3.63) is 34.0 Å². The van der Waals surface area contributed by atoms with Crippen molar-refractivity contribution in [1.82, 2.24) is 9.78 Å². The molecule has 1 aromatic heterocycles. The second-order valence-corrected chi connectivity index (χ2v) is 4.84. The zero-order valence-electron chi connectivity index (χ0n) is 10.2. The quantitative estimate of drug-likeness (QED) is 0.610. The smallest absolute Gasteiger partial charge is 0.268 e. The Bertz CT molecular complexity index is 692. The lowest BCUT2D eigenvalue weighted by atomic mass is 10.1. The highest BCUT2D eigenvalue weighted by molar-refractivity contribution is 5.83. The van der Waals surface area contributed by atoms with Crippen LogP contribution < -0.4 is 0 Å². The minimum Gasteiger partial charge on any atom is -0.268 e. The van der Waals surface area contributed by atoms with E-state index in [0.29, 0.717) is 11.6 Å². The van der Waals surface area contributed by atoms with Gasteiger partial charge >= 0.3 is 0 Å². The molecule has 96 valence electrons. The molecule has 3 rings (SSSR count). The first-order chi connectivity index (χ1) is 9.19. The van der Waals surface area contributed by atoms with Gasteiger partial charge in [0.05, 0.1) is 16.5 Å². The molecule has 0 amide bonds. The summed E-state index contributed by atoms with van der Waals surface area (Å²) in [6.45, 7) is 0. The van der Waals surface area contributed by atoms with Crippen LogP contribution >= 0.6 is 0 Å². The van der Waals surface area contributed by atoms with Gasteiger partial charge in [0.25, 0.3) is 5.69 Å². The average molecular weight is 256 g/mol. The Morgan fingerprint density at radius 2 is 2.16 bits per heavy atom. The van der Waals surface area contributed by atoms with E-state index in [1.807, 2.05) is 16.9 Å². The number of aromatic nitrogens is 2. The van der Waals surface area contributed by atoms with E-state index in [9.17, 15) is 10.1 Å². The monoisotopic (exact) mass is 256 g/mol. The van der Waals surface area contributed by atoms with E-state index in [0.717, 1.165) is 18.2 Å². The first kappa shape index (κ1) is 11.7. The van der Waals surface area contributed by atoms with Crippen molar-refractivity contribution in [1.29, 1.82) is 5.26 Å². The van der Waals surface area contributed by atoms with Crippen molar-refractivity contribution in [2.45, 2.75) is 31.7 Å². The van der Waals surface area contributed by atoms with Crippen LogP contribution in [0.4, 0.5) is 5.69 Å². The van der Waals surface area contributed by atoms with Crippen molar-refractivity contribution < 1.29 is 4.92 Å². The van der Waals surface area contributed by atoms with Gasteiger partial charge in [-0.3, -0.25) is 14.8 Å². The van der Waals surface area contributed by atoms with Crippen molar-refractivity contribution in [2.24, 2.45) is 0 Å². The molecule has 0 atom stereocenters. The fraction of sp³-hybridized carbons (Fsp3) is 0.385. The second-order valence-electron chi connectivity index (χ2n) is 4.84. The van der Waals surface area contributed by atoms with Crippen LogP contribution in [0.15, 0.2) is 18.3 Å². The van der Waals surface area contributed by atoms with Crippen LogP contribution in [0, 0.1) is 21.4 Å². The molecule has 2 aromatic rings. The molecular weight excluding hydrogens is 244 g/mol. The summed E-state index contributed by atoms with van der Waals surface area (Å²) < 4.78 is 1.89. The third-order valence-corrected chi connectivity index (χ3v) is 3.66. The molecule has 19 heavy (non-hydrogen) atoms. The van der Waals surface area contributed by atoms with Crippen LogP contribution in [0.25, 0.3) is 10.9 Å². The predicted octanol–water partition coefficient (Wildman–Crippen LogP) is 2.93. The lowest BCUT2D eigenvalue weighted by Crippen LogP contribution is -2.04. The van der Waals surface area contributed by atoms with Crippen molar-refractivity contribution in [3.63, 3.8) is 0 Å². The topological polar surface area (TPSA) is 84.8 Å². The second kappa shape index (κ2) is 4.35. The number of rotatable bonds is 2. The molecule has 1 aliphatic carbocycles. The number of hydrogen-bond acceptors (Lipinski definition) is 4. The zero-order chi connectivity index (χ0) is 13.4. The summed E-state index contributed by atoms with van der Waals surface area (Å²) in [5.74, 6) is 0. The average Bonchev–Trinajstić information content (AvgIpc) is 3.05. The Labute approximate surface area is 109 Å². The van der Waals surface area contributed by atoms with E-state index in [4.69, 9.17) is 5.26 Å². The Balaban J connectivity index is 2.12. The van der Waals surface area contributed by atoms with Crippen LogP contribution in [-0.4, -0.2) is 14.7 Å². The molecule has 0 saturated heterocycles. The van der Waals surface area contributed by atoms with Crippen molar-refractivity contribution in [2.75, 3.05) is 0 Å². The fourth-order valence-electron chi connectivity index (χ4n) is 2.68. The summed E-state index contributed by atoms with van der Waals surface area (Å²) in [7, 11) is 0. The molecule has 6 heteroatoms. The molecule has 1 fully saturated rings. The highest BCUT2D eigenvalue weighted by Crippen LogP contribution is 2.31. The van der Waals surface area contributed by atoms with Gasteiger partial charge in [0.15, 0.2) is 0 Å². The first-order valence-corrected chi connectivity index (χ1v) is 6.26. The highest BCUT2D eigenvalue weighted by Gasteiger charge is 2.20. The van der Waals surface area contributed by atoms with Crippen LogP contribution in [0.5, 0.6) is 0 Å². The lowest BCUT2D eigenvalue weighted by molar-refractivity contribution is -0.385. The van der Waals surface area contributed by atoms with Gasteiger partial charge in [-0.1, -0.05) is 12.8 Å². The van der Waals surface area contributed by atoms with E-state index in [1.165, 1.54) is 25.0 Å². The standard InChI is InChI=1S/C13H12N4O2/c14-7-9-5-12-10(6-13(9)17(18)19)8-16(15-12)11-3-1-2-4-11/h5-6,8,11H,1-4H2. The van der Waals surface area contributed by atoms with E-state index < -0.39 is 4.92 Å². The van der Waals surface area contributed by atoms with Crippen molar-refractivity contribution in [3.8, 4) is 6.07 Å². The third-order valence-electron chi connectivity index (χ3n) is 3.66. The van der Waals surface area contributed by atoms with Gasteiger partial charge < -0.3 is 0 Å². The maximum Gasteiger partial charge on any atom is 0.287 e. The Morgan fingerprint density at radius 1 is 1.42 bits per heavy atom. The molecular formula is C13H12N4O2. The molecule has 1 heterocycles. The summed E-state index contributed by atoms with van der Waals surface area (Å²) in [5.41, 5.74) is 0.559. The maximum atomic E-state index is 10.9. The maximum absolute atomic E-state index is 10.9. The molecule has 1 saturated carbocycles. The number of fused-ring (bicyclic) bond motifs is 1. The van der Waals surface area contributed by atoms with E-state index >= 15 is 0 Å². The van der Waals surface area contributed by atoms with Crippen molar-refractivity contribution >= 4 is 16.6 Å². The highest BCUT2D eigenvalue weighted by atomic mass is 16.6. The number of nitrogens with zero attached hydrogens (tertiary/aromatic N) is 4. The Kier molecular flexibility index (Phi) is 2.67. The summed E-state index contributed by atoms with van der Waals surface area (Å²) >= 11 is 0. The molecule has 0 aliphatic heterocycles. The van der Waals surface area contributed by atoms with E-state index in [2.05, 4.69) is 5.10 Å². The molecule has 6 nitrogen and oxygen atoms in total. The van der Waals surface area contributed by atoms with Crippen LogP contribution in [0.1, 0.15) is 37.3 Å². The lowest BCUT2D eigenvalue weighted by Gasteiger charge is -2.07. The summed E-state index contributed by atoms with van der Waals surface area (Å²) in [6, 6.07) is 5.18. The van der Waals surface area contributed by atoms with Crippen LogP contribution in [-0.2, 0) is 0 Å². The van der Waals surface area contributed by atoms with Crippen LogP contribution in [0.2, 0.25) is 0 Å². The van der Waals surface area contributed by atoms with E-state index in [-0.39, 0.29) is 11.3 Å². The minimum atomic E-state index is -0.523. The molecule has 0 bridgehead atoms. The predicted molar refractivity (Wildman–Crippen MR) is 68.6 cm³/mol. The molecule has 0 spiro atoms. The summed E-state index contributed by atoms with van der Waals surface area (Å²) in [5, 5.41) is 25.0. The number of hydrogen-bond donors (Lipinski definition) is 0. The number of benzene rings is 1. The summed E-state index contributed by atoms with van der Waals surface area (Å²) in [4.78, 5) is 10.4. The SMILES string of the molecule is N#Cc1cc2nn(C3CCCC3)cc2cc1[N+](=O)[O-]. The van der Waals surface area contributed by atoms with Gasteiger partial charge in [-0.25, -0.2) is 0 Å². The normalized spacial score (nSPS) is 15.7. The van der Waals surface area contributed by atoms with Gasteiger partial charge in [-0.2, -0.15) is 10.4 Å².